The van der Waals surface area contributed by atoms with Crippen molar-refractivity contribution in [2.24, 2.45) is 0 Å². The molecule has 0 spiro atoms. The number of carboxylic acids is 1. The van der Waals surface area contributed by atoms with E-state index in [-0.39, 0.29) is 4.90 Å². The lowest BCUT2D eigenvalue weighted by Gasteiger charge is -2.21. The Kier molecular flexibility index (Phi) is 3.34. The molecule has 1 N–H and O–H groups in total. The first-order valence-electron chi connectivity index (χ1n) is 5.16. The Morgan fingerprint density at radius 3 is 2.24 bits per heavy atom. The Balaban J connectivity index is 3.52. The van der Waals surface area contributed by atoms with Gasteiger partial charge in [0.15, 0.2) is 14.6 Å². The summed E-state index contributed by atoms with van der Waals surface area (Å²) in [5.41, 5.74) is 1.35. The summed E-state index contributed by atoms with van der Waals surface area (Å²) >= 11 is 0. The molecule has 1 aromatic rings. The SMILES string of the molecule is Cc1ccc(C)c(S(=O)(=O)C(C)(C)C(=O)O)c1. The summed E-state index contributed by atoms with van der Waals surface area (Å²) in [5, 5.41) is 9.02. The molecule has 0 saturated carbocycles. The van der Waals surface area contributed by atoms with Crippen molar-refractivity contribution in [3.8, 4) is 0 Å². The van der Waals surface area contributed by atoms with Gasteiger partial charge in [0.25, 0.3) is 0 Å². The zero-order chi connectivity index (χ0) is 13.4. The number of hydrogen-bond acceptors (Lipinski definition) is 3. The van der Waals surface area contributed by atoms with Crippen molar-refractivity contribution in [1.82, 2.24) is 0 Å². The van der Waals surface area contributed by atoms with Gasteiger partial charge >= 0.3 is 5.97 Å². The fourth-order valence-electron chi connectivity index (χ4n) is 1.39. The number of sulfone groups is 1. The number of hydrogen-bond donors (Lipinski definition) is 1. The zero-order valence-electron chi connectivity index (χ0n) is 10.3. The minimum atomic E-state index is -3.89. The van der Waals surface area contributed by atoms with Crippen LogP contribution in [-0.4, -0.2) is 24.2 Å². The maximum atomic E-state index is 12.3. The lowest BCUT2D eigenvalue weighted by molar-refractivity contribution is -0.139. The van der Waals surface area contributed by atoms with Gasteiger partial charge in [0.1, 0.15) is 0 Å². The highest BCUT2D eigenvalue weighted by Gasteiger charge is 2.43. The minimum absolute atomic E-state index is 0.0879. The fraction of sp³-hybridized carbons (Fsp3) is 0.417. The third-order valence-electron chi connectivity index (χ3n) is 2.82. The van der Waals surface area contributed by atoms with Crippen molar-refractivity contribution < 1.29 is 18.3 Å². The molecule has 0 aliphatic heterocycles. The van der Waals surface area contributed by atoms with Crippen molar-refractivity contribution in [2.75, 3.05) is 0 Å². The van der Waals surface area contributed by atoms with Crippen LogP contribution in [0.4, 0.5) is 0 Å². The third kappa shape index (κ3) is 2.20. The van der Waals surface area contributed by atoms with Crippen LogP contribution in [0.25, 0.3) is 0 Å². The first-order chi connectivity index (χ1) is 7.60. The van der Waals surface area contributed by atoms with Crippen LogP contribution in [0.3, 0.4) is 0 Å². The first kappa shape index (κ1) is 13.7. The molecule has 0 saturated heterocycles. The van der Waals surface area contributed by atoms with Crippen molar-refractivity contribution in [2.45, 2.75) is 37.3 Å². The van der Waals surface area contributed by atoms with Gasteiger partial charge in [0.05, 0.1) is 4.90 Å². The third-order valence-corrected chi connectivity index (χ3v) is 5.36. The molecule has 0 fully saturated rings. The van der Waals surface area contributed by atoms with Crippen molar-refractivity contribution in [1.29, 1.82) is 0 Å². The highest BCUT2D eigenvalue weighted by Crippen LogP contribution is 2.28. The molecule has 0 heterocycles. The highest BCUT2D eigenvalue weighted by atomic mass is 32.2. The molecule has 0 aliphatic rings. The number of rotatable bonds is 3. The molecule has 0 amide bonds. The van der Waals surface area contributed by atoms with E-state index < -0.39 is 20.6 Å². The molecular weight excluding hydrogens is 240 g/mol. The standard InChI is InChI=1S/C12H16O4S/c1-8-5-6-9(2)10(7-8)17(15,16)12(3,4)11(13)14/h5-7H,1-4H3,(H,13,14). The van der Waals surface area contributed by atoms with Crippen LogP contribution in [0.5, 0.6) is 0 Å². The Hall–Kier alpha value is -1.36. The number of carbonyl (C=O) groups is 1. The molecule has 1 aromatic carbocycles. The summed E-state index contributed by atoms with van der Waals surface area (Å²) in [7, 11) is -3.89. The van der Waals surface area contributed by atoms with Crippen LogP contribution in [0.2, 0.25) is 0 Å². The Labute approximate surface area is 101 Å². The van der Waals surface area contributed by atoms with Crippen LogP contribution in [0.15, 0.2) is 23.1 Å². The van der Waals surface area contributed by atoms with Gasteiger partial charge < -0.3 is 5.11 Å². The summed E-state index contributed by atoms with van der Waals surface area (Å²) < 4.78 is 22.7. The van der Waals surface area contributed by atoms with E-state index in [0.29, 0.717) is 5.56 Å². The summed E-state index contributed by atoms with van der Waals surface area (Å²) in [6, 6.07) is 4.98. The minimum Gasteiger partial charge on any atom is -0.480 e. The molecule has 0 aliphatic carbocycles. The summed E-state index contributed by atoms with van der Waals surface area (Å²) in [5.74, 6) is -1.35. The zero-order valence-corrected chi connectivity index (χ0v) is 11.1. The Morgan fingerprint density at radius 1 is 1.24 bits per heavy atom. The predicted molar refractivity (Wildman–Crippen MR) is 64.8 cm³/mol. The summed E-state index contributed by atoms with van der Waals surface area (Å²) in [4.78, 5) is 11.1. The molecule has 0 unspecified atom stereocenters. The highest BCUT2D eigenvalue weighted by molar-refractivity contribution is 7.93. The molecule has 17 heavy (non-hydrogen) atoms. The molecule has 0 bridgehead atoms. The first-order valence-corrected chi connectivity index (χ1v) is 6.64. The predicted octanol–water partition coefficient (Wildman–Crippen LogP) is 1.94. The molecule has 94 valence electrons. The molecule has 5 heteroatoms. The Bertz CT molecular complexity index is 556. The van der Waals surface area contributed by atoms with Crippen LogP contribution >= 0.6 is 0 Å². The normalized spacial score (nSPS) is 12.5. The number of benzene rings is 1. The maximum Gasteiger partial charge on any atom is 0.324 e. The van der Waals surface area contributed by atoms with Gasteiger partial charge in [-0.15, -0.1) is 0 Å². The fourth-order valence-corrected chi connectivity index (χ4v) is 3.00. The van der Waals surface area contributed by atoms with E-state index >= 15 is 0 Å². The van der Waals surface area contributed by atoms with Gasteiger partial charge in [-0.2, -0.15) is 0 Å². The van der Waals surface area contributed by atoms with Gasteiger partial charge in [-0.25, -0.2) is 8.42 Å². The maximum absolute atomic E-state index is 12.3. The van der Waals surface area contributed by atoms with E-state index in [1.165, 1.54) is 19.9 Å². The molecule has 0 radical (unpaired) electrons. The number of carboxylic acid groups (broad SMARTS) is 1. The van der Waals surface area contributed by atoms with Gasteiger partial charge in [0.2, 0.25) is 0 Å². The van der Waals surface area contributed by atoms with Gasteiger partial charge in [-0.3, -0.25) is 4.79 Å². The average molecular weight is 256 g/mol. The molecule has 0 aromatic heterocycles. The smallest absolute Gasteiger partial charge is 0.324 e. The topological polar surface area (TPSA) is 71.4 Å². The van der Waals surface area contributed by atoms with Gasteiger partial charge in [0, 0.05) is 0 Å². The monoisotopic (exact) mass is 256 g/mol. The van der Waals surface area contributed by atoms with Crippen LogP contribution in [0.1, 0.15) is 25.0 Å². The second kappa shape index (κ2) is 4.14. The van der Waals surface area contributed by atoms with Crippen LogP contribution < -0.4 is 0 Å². The van der Waals surface area contributed by atoms with E-state index in [0.717, 1.165) is 5.56 Å². The van der Waals surface area contributed by atoms with Crippen molar-refractivity contribution in [3.63, 3.8) is 0 Å². The van der Waals surface area contributed by atoms with Crippen molar-refractivity contribution >= 4 is 15.8 Å². The largest absolute Gasteiger partial charge is 0.480 e. The van der Waals surface area contributed by atoms with Crippen molar-refractivity contribution in [3.05, 3.63) is 29.3 Å². The quantitative estimate of drug-likeness (QED) is 0.897. The van der Waals surface area contributed by atoms with Gasteiger partial charge in [-0.1, -0.05) is 12.1 Å². The Morgan fingerprint density at radius 2 is 1.76 bits per heavy atom. The van der Waals surface area contributed by atoms with Gasteiger partial charge in [-0.05, 0) is 44.9 Å². The van der Waals surface area contributed by atoms with E-state index in [1.54, 1.807) is 26.0 Å². The second-order valence-corrected chi connectivity index (χ2v) is 7.06. The lowest BCUT2D eigenvalue weighted by atomic mass is 10.2. The molecule has 0 atom stereocenters. The van der Waals surface area contributed by atoms with Crippen LogP contribution in [-0.2, 0) is 14.6 Å². The van der Waals surface area contributed by atoms with E-state index in [1.807, 2.05) is 0 Å². The van der Waals surface area contributed by atoms with E-state index in [2.05, 4.69) is 0 Å². The average Bonchev–Trinajstić information content (AvgIpc) is 2.21. The van der Waals surface area contributed by atoms with E-state index in [9.17, 15) is 13.2 Å². The lowest BCUT2D eigenvalue weighted by Crippen LogP contribution is -2.40. The van der Waals surface area contributed by atoms with E-state index in [4.69, 9.17) is 5.11 Å². The molecular formula is C12H16O4S. The molecule has 1 rings (SSSR count). The summed E-state index contributed by atoms with van der Waals surface area (Å²) in [6.45, 7) is 5.83. The number of aliphatic carboxylic acids is 1. The second-order valence-electron chi connectivity index (χ2n) is 4.59. The summed E-state index contributed by atoms with van der Waals surface area (Å²) in [6.07, 6.45) is 0. The molecule has 4 nitrogen and oxygen atoms in total. The van der Waals surface area contributed by atoms with Crippen LogP contribution in [0, 0.1) is 13.8 Å². The number of aryl methyl sites for hydroxylation is 2.